The standard InChI is InChI=1S/3C24H21N5O.4ClH.2Fe/c2*1-2-6-20(7-3-1)24(29-16-21-15-25-12-13-26-21)18-30-17-19-9-10-23(28-14-19)22-8-4-5-11-27-22;1-2-6-20(7-3-1)24(29-15-21-8-4-5-11-26-21)18-30-17-19-9-10-22(28-14-19)23-16-25-12-13-27-23;;;;;;/h3*1-16,24H,17-18H2;4*1H;;/q;;;;;;;2*+2/p-4/t3*24-;;;;;;/m111....../s1. The summed E-state index contributed by atoms with van der Waals surface area (Å²) in [7, 11) is 0. The quantitative estimate of drug-likeness (QED) is 0.0608. The van der Waals surface area contributed by atoms with Crippen molar-refractivity contribution in [2.45, 2.75) is 37.9 Å². The molecule has 0 amide bonds. The zero-order valence-electron chi connectivity index (χ0n) is 51.3. The van der Waals surface area contributed by atoms with E-state index >= 15 is 0 Å². The molecule has 12 aromatic rings. The van der Waals surface area contributed by atoms with Gasteiger partial charge in [0.05, 0.1) is 122 Å². The average Bonchev–Trinajstić information content (AvgIpc) is 1.30. The van der Waals surface area contributed by atoms with Crippen molar-refractivity contribution in [2.75, 3.05) is 19.8 Å². The second-order valence-corrected chi connectivity index (χ2v) is 19.9. The van der Waals surface area contributed by atoms with Gasteiger partial charge < -0.3 is 63.8 Å². The first-order chi connectivity index (χ1) is 44.6. The molecule has 0 unspecified atom stereocenters. The van der Waals surface area contributed by atoms with Crippen LogP contribution in [0.3, 0.4) is 0 Å². The summed E-state index contributed by atoms with van der Waals surface area (Å²) in [4.78, 5) is 65.4. The maximum absolute atomic E-state index is 5.97. The minimum Gasteiger partial charge on any atom is -1.00 e. The Morgan fingerprint density at radius 2 is 0.583 bits per heavy atom. The molecule has 0 saturated carbocycles. The van der Waals surface area contributed by atoms with Crippen molar-refractivity contribution in [1.82, 2.24) is 59.8 Å². The van der Waals surface area contributed by atoms with Crippen LogP contribution in [0.1, 0.15) is 68.6 Å². The number of nitrogens with zero attached hydrogens (tertiary/aromatic N) is 15. The molecule has 0 saturated heterocycles. The van der Waals surface area contributed by atoms with Gasteiger partial charge in [-0.05, 0) is 88.0 Å². The molecule has 96 heavy (non-hydrogen) atoms. The van der Waals surface area contributed by atoms with E-state index in [-0.39, 0.29) is 102 Å². The number of ether oxygens (including phenoxy) is 3. The third kappa shape index (κ3) is 26.6. The molecule has 0 N–H and O–H groups in total. The third-order valence-electron chi connectivity index (χ3n) is 13.4. The van der Waals surface area contributed by atoms with Crippen LogP contribution in [0.2, 0.25) is 0 Å². The Morgan fingerprint density at radius 1 is 0.271 bits per heavy atom. The number of rotatable bonds is 24. The van der Waals surface area contributed by atoms with Crippen molar-refractivity contribution in [2.24, 2.45) is 15.0 Å². The number of aromatic nitrogens is 12. The maximum Gasteiger partial charge on any atom is 2.00 e. The van der Waals surface area contributed by atoms with Gasteiger partial charge in [0.15, 0.2) is 0 Å². The first kappa shape index (κ1) is 79.3. The second-order valence-electron chi connectivity index (χ2n) is 19.9. The van der Waals surface area contributed by atoms with E-state index in [0.717, 1.165) is 73.2 Å². The van der Waals surface area contributed by atoms with Crippen LogP contribution >= 0.6 is 0 Å². The molecular formula is C72H63Cl4Fe2N15O3. The normalized spacial score (nSPS) is 11.4. The molecule has 9 aromatic heterocycles. The predicted molar refractivity (Wildman–Crippen MR) is 348 cm³/mol. The van der Waals surface area contributed by atoms with Gasteiger partial charge in [-0.25, -0.2) is 0 Å². The second kappa shape index (κ2) is 45.3. The van der Waals surface area contributed by atoms with Crippen LogP contribution in [0.15, 0.2) is 290 Å². The minimum absolute atomic E-state index is 0. The van der Waals surface area contributed by atoms with Crippen molar-refractivity contribution >= 4 is 18.6 Å². The SMILES string of the molecule is C(=N[C@H](COCc1ccc(-c2ccccn2)nc1)c1ccccc1)c1cnccn1.C(=N[C@H](COCc1ccc(-c2ccccn2)nc1)c1ccccc1)c1cnccn1.C(=N[C@H](COCc1ccc(-c2cnccn2)nc1)c1ccccc1)c1ccccn1.[Cl-].[Cl-].[Cl-].[Cl-].[Fe+2].[Fe+2]. The summed E-state index contributed by atoms with van der Waals surface area (Å²) in [6, 6.07) is 59.1. The first-order valence-electron chi connectivity index (χ1n) is 29.0. The molecule has 12 rings (SSSR count). The molecule has 0 fully saturated rings. The molecule has 0 radical (unpaired) electrons. The Morgan fingerprint density at radius 3 is 0.896 bits per heavy atom. The molecule has 0 aliphatic heterocycles. The van der Waals surface area contributed by atoms with Gasteiger partial charge in [-0.3, -0.25) is 74.8 Å². The largest absolute Gasteiger partial charge is 2.00 e. The summed E-state index contributed by atoms with van der Waals surface area (Å²) in [6.45, 7) is 2.72. The van der Waals surface area contributed by atoms with E-state index in [9.17, 15) is 0 Å². The summed E-state index contributed by atoms with van der Waals surface area (Å²) < 4.78 is 17.9. The Labute approximate surface area is 604 Å². The molecule has 3 aromatic carbocycles. The molecule has 9 heterocycles. The van der Waals surface area contributed by atoms with Gasteiger partial charge >= 0.3 is 34.1 Å². The average molecular weight is 1440 g/mol. The predicted octanol–water partition coefficient (Wildman–Crippen LogP) is 0.943. The number of aliphatic imine (C=N–C) groups is 3. The van der Waals surface area contributed by atoms with Gasteiger partial charge in [-0.2, -0.15) is 0 Å². The number of hydrogen-bond acceptors (Lipinski definition) is 18. The fourth-order valence-electron chi connectivity index (χ4n) is 8.72. The van der Waals surface area contributed by atoms with Gasteiger partial charge in [-0.1, -0.05) is 127 Å². The van der Waals surface area contributed by atoms with Crippen LogP contribution in [0.25, 0.3) is 34.2 Å². The number of benzene rings is 3. The summed E-state index contributed by atoms with van der Waals surface area (Å²) in [5.41, 5.74) is 13.4. The van der Waals surface area contributed by atoms with Crippen molar-refractivity contribution in [1.29, 1.82) is 0 Å². The van der Waals surface area contributed by atoms with Gasteiger partial charge in [0, 0.05) is 93.0 Å². The summed E-state index contributed by atoms with van der Waals surface area (Å²) in [5, 5.41) is 0. The monoisotopic (exact) mass is 1440 g/mol. The van der Waals surface area contributed by atoms with Crippen molar-refractivity contribution < 1.29 is 98.0 Å². The Bertz CT molecular complexity index is 3630. The van der Waals surface area contributed by atoms with Crippen LogP contribution in [0.5, 0.6) is 0 Å². The van der Waals surface area contributed by atoms with Gasteiger partial charge in [0.1, 0.15) is 5.69 Å². The number of pyridine rings is 6. The van der Waals surface area contributed by atoms with Gasteiger partial charge in [0.2, 0.25) is 0 Å². The number of halogens is 4. The van der Waals surface area contributed by atoms with Crippen LogP contribution in [0, 0.1) is 0 Å². The van der Waals surface area contributed by atoms with Crippen molar-refractivity contribution in [3.63, 3.8) is 0 Å². The molecule has 488 valence electrons. The summed E-state index contributed by atoms with van der Waals surface area (Å²) >= 11 is 0. The minimum atomic E-state index is -0.131. The molecule has 18 nitrogen and oxygen atoms in total. The fourth-order valence-corrected chi connectivity index (χ4v) is 8.72. The first-order valence-corrected chi connectivity index (χ1v) is 29.0. The molecule has 24 heteroatoms. The smallest absolute Gasteiger partial charge is 1.00 e. The topological polar surface area (TPSA) is 219 Å². The van der Waals surface area contributed by atoms with Crippen LogP contribution < -0.4 is 49.6 Å². The van der Waals surface area contributed by atoms with Crippen molar-refractivity contribution in [3.05, 3.63) is 325 Å². The molecule has 0 aliphatic rings. The van der Waals surface area contributed by atoms with Crippen molar-refractivity contribution in [3.8, 4) is 34.2 Å². The van der Waals surface area contributed by atoms with Gasteiger partial charge in [0.25, 0.3) is 0 Å². The van der Waals surface area contributed by atoms with E-state index in [1.54, 1.807) is 99.2 Å². The zero-order valence-corrected chi connectivity index (χ0v) is 56.6. The molecule has 3 atom stereocenters. The Kier molecular flexibility index (Phi) is 37.4. The van der Waals surface area contributed by atoms with E-state index in [1.807, 2.05) is 182 Å². The van der Waals surface area contributed by atoms with E-state index in [4.69, 9.17) is 19.2 Å². The van der Waals surface area contributed by atoms with E-state index in [2.05, 4.69) is 81.9 Å². The molecule has 0 aliphatic carbocycles. The van der Waals surface area contributed by atoms with Crippen LogP contribution in [-0.4, -0.2) is 98.3 Å². The molecule has 0 spiro atoms. The Balaban J connectivity index is 0.000000297. The van der Waals surface area contributed by atoms with Crippen LogP contribution in [-0.2, 0) is 68.2 Å². The summed E-state index contributed by atoms with van der Waals surface area (Å²) in [5.74, 6) is 0. The van der Waals surface area contributed by atoms with E-state index in [0.29, 0.717) is 51.0 Å². The molecule has 0 bridgehead atoms. The van der Waals surface area contributed by atoms with E-state index < -0.39 is 0 Å². The maximum atomic E-state index is 5.97. The van der Waals surface area contributed by atoms with Gasteiger partial charge in [-0.15, -0.1) is 0 Å². The Hall–Kier alpha value is -9.11. The van der Waals surface area contributed by atoms with E-state index in [1.165, 1.54) is 0 Å². The number of hydrogen-bond donors (Lipinski definition) is 0. The fraction of sp³-hybridized carbons (Fsp3) is 0.125. The van der Waals surface area contributed by atoms with Crippen LogP contribution in [0.4, 0.5) is 0 Å². The molecular weight excluding hydrogens is 1380 g/mol. The summed E-state index contributed by atoms with van der Waals surface area (Å²) in [6.07, 6.45) is 30.9. The zero-order chi connectivity index (χ0) is 61.3. The third-order valence-corrected chi connectivity index (χ3v) is 13.4.